The summed E-state index contributed by atoms with van der Waals surface area (Å²) in [6, 6.07) is 15.9. The SMILES string of the molecule is COc1ccc(-c2ccnc3cc(-c4ccc(-c5cnn(C)c5)cc4)oc23)cn1. The molecular formula is C23H18N4O2. The molecule has 0 atom stereocenters. The van der Waals surface area contributed by atoms with Crippen LogP contribution in [-0.2, 0) is 7.05 Å². The van der Waals surface area contributed by atoms with E-state index in [1.165, 1.54) is 0 Å². The highest BCUT2D eigenvalue weighted by Crippen LogP contribution is 2.34. The first-order valence-electron chi connectivity index (χ1n) is 9.20. The summed E-state index contributed by atoms with van der Waals surface area (Å²) in [5.41, 5.74) is 6.64. The molecule has 4 aromatic heterocycles. The van der Waals surface area contributed by atoms with E-state index in [-0.39, 0.29) is 0 Å². The summed E-state index contributed by atoms with van der Waals surface area (Å²) in [4.78, 5) is 8.76. The molecule has 0 fully saturated rings. The lowest BCUT2D eigenvalue weighted by Crippen LogP contribution is -1.87. The number of benzene rings is 1. The van der Waals surface area contributed by atoms with E-state index >= 15 is 0 Å². The Morgan fingerprint density at radius 2 is 1.66 bits per heavy atom. The van der Waals surface area contributed by atoms with Gasteiger partial charge in [-0.3, -0.25) is 9.67 Å². The van der Waals surface area contributed by atoms with Crippen molar-refractivity contribution in [2.75, 3.05) is 7.11 Å². The Morgan fingerprint density at radius 1 is 0.862 bits per heavy atom. The zero-order valence-electron chi connectivity index (χ0n) is 16.0. The van der Waals surface area contributed by atoms with Gasteiger partial charge in [-0.05, 0) is 17.7 Å². The summed E-state index contributed by atoms with van der Waals surface area (Å²) in [5, 5.41) is 4.23. The maximum Gasteiger partial charge on any atom is 0.212 e. The molecule has 0 aliphatic rings. The van der Waals surface area contributed by atoms with Crippen LogP contribution in [0.25, 0.3) is 44.7 Å². The number of rotatable bonds is 4. The molecule has 4 heterocycles. The molecule has 0 saturated heterocycles. The van der Waals surface area contributed by atoms with Gasteiger partial charge in [0.05, 0.1) is 13.3 Å². The molecule has 0 bridgehead atoms. The predicted octanol–water partition coefficient (Wildman–Crippen LogP) is 4.97. The Morgan fingerprint density at radius 3 is 2.34 bits per heavy atom. The van der Waals surface area contributed by atoms with Gasteiger partial charge in [0.15, 0.2) is 5.58 Å². The highest BCUT2D eigenvalue weighted by Gasteiger charge is 2.13. The Hall–Kier alpha value is -3.93. The second-order valence-corrected chi connectivity index (χ2v) is 6.75. The number of methoxy groups -OCH3 is 1. The second-order valence-electron chi connectivity index (χ2n) is 6.75. The van der Waals surface area contributed by atoms with Gasteiger partial charge in [0.1, 0.15) is 11.3 Å². The molecule has 0 amide bonds. The molecule has 142 valence electrons. The second kappa shape index (κ2) is 6.91. The van der Waals surface area contributed by atoms with Crippen molar-refractivity contribution in [2.45, 2.75) is 0 Å². The van der Waals surface area contributed by atoms with Gasteiger partial charge in [-0.2, -0.15) is 5.10 Å². The summed E-state index contributed by atoms with van der Waals surface area (Å²) in [6.45, 7) is 0. The monoisotopic (exact) mass is 382 g/mol. The van der Waals surface area contributed by atoms with E-state index in [2.05, 4.69) is 39.3 Å². The van der Waals surface area contributed by atoms with Crippen LogP contribution in [0.4, 0.5) is 0 Å². The van der Waals surface area contributed by atoms with Crippen LogP contribution in [0.3, 0.4) is 0 Å². The van der Waals surface area contributed by atoms with Crippen LogP contribution in [0.5, 0.6) is 5.88 Å². The van der Waals surface area contributed by atoms with E-state index < -0.39 is 0 Å². The van der Waals surface area contributed by atoms with Crippen molar-refractivity contribution < 1.29 is 9.15 Å². The third-order valence-electron chi connectivity index (χ3n) is 4.88. The standard InChI is InChI=1S/C23H18N4O2/c1-27-14-18(13-26-27)15-3-5-16(6-4-15)21-11-20-23(29-21)19(9-10-24-20)17-7-8-22(28-2)25-12-17/h3-14H,1-2H3. The number of hydrogen-bond donors (Lipinski definition) is 0. The minimum atomic E-state index is 0.577. The number of nitrogens with zero attached hydrogens (tertiary/aromatic N) is 4. The first-order chi connectivity index (χ1) is 14.2. The fourth-order valence-corrected chi connectivity index (χ4v) is 3.37. The normalized spacial score (nSPS) is 11.1. The van der Waals surface area contributed by atoms with Crippen molar-refractivity contribution in [3.05, 3.63) is 73.3 Å². The van der Waals surface area contributed by atoms with Crippen molar-refractivity contribution in [3.63, 3.8) is 0 Å². The lowest BCUT2D eigenvalue weighted by molar-refractivity contribution is 0.398. The van der Waals surface area contributed by atoms with Gasteiger partial charge in [0.25, 0.3) is 0 Å². The molecular weight excluding hydrogens is 364 g/mol. The molecule has 6 nitrogen and oxygen atoms in total. The van der Waals surface area contributed by atoms with Gasteiger partial charge in [-0.15, -0.1) is 0 Å². The molecule has 5 rings (SSSR count). The first kappa shape index (κ1) is 17.2. The van der Waals surface area contributed by atoms with E-state index in [0.717, 1.165) is 44.7 Å². The zero-order valence-corrected chi connectivity index (χ0v) is 16.0. The summed E-state index contributed by atoms with van der Waals surface area (Å²) in [7, 11) is 3.51. The van der Waals surface area contributed by atoms with Crippen molar-refractivity contribution >= 4 is 11.1 Å². The highest BCUT2D eigenvalue weighted by atomic mass is 16.5. The summed E-state index contributed by atoms with van der Waals surface area (Å²) in [5.74, 6) is 1.35. The van der Waals surface area contributed by atoms with Crippen LogP contribution in [0.1, 0.15) is 0 Å². The predicted molar refractivity (Wildman–Crippen MR) is 111 cm³/mol. The van der Waals surface area contributed by atoms with Gasteiger partial charge in [-0.25, -0.2) is 4.98 Å². The largest absolute Gasteiger partial charge is 0.481 e. The van der Waals surface area contributed by atoms with Gasteiger partial charge < -0.3 is 9.15 Å². The van der Waals surface area contributed by atoms with Crippen molar-refractivity contribution in [1.29, 1.82) is 0 Å². The Labute approximate surface area is 167 Å². The fourth-order valence-electron chi connectivity index (χ4n) is 3.37. The highest BCUT2D eigenvalue weighted by molar-refractivity contribution is 5.92. The van der Waals surface area contributed by atoms with Gasteiger partial charge >= 0.3 is 0 Å². The lowest BCUT2D eigenvalue weighted by atomic mass is 10.1. The Bertz CT molecular complexity index is 1280. The molecule has 6 heteroatoms. The van der Waals surface area contributed by atoms with Gasteiger partial charge in [-0.1, -0.05) is 24.3 Å². The maximum atomic E-state index is 6.21. The lowest BCUT2D eigenvalue weighted by Gasteiger charge is -2.03. The first-order valence-corrected chi connectivity index (χ1v) is 9.20. The molecule has 0 aliphatic carbocycles. The van der Waals surface area contributed by atoms with E-state index in [1.807, 2.05) is 43.7 Å². The van der Waals surface area contributed by atoms with Crippen LogP contribution in [0, 0.1) is 0 Å². The molecule has 0 unspecified atom stereocenters. The molecule has 29 heavy (non-hydrogen) atoms. The number of aromatic nitrogens is 4. The number of furan rings is 1. The molecule has 5 aromatic rings. The number of aryl methyl sites for hydroxylation is 1. The average molecular weight is 382 g/mol. The van der Waals surface area contributed by atoms with Crippen LogP contribution < -0.4 is 4.74 Å². The molecule has 0 N–H and O–H groups in total. The number of pyridine rings is 2. The molecule has 0 radical (unpaired) electrons. The van der Waals surface area contributed by atoms with Crippen LogP contribution >= 0.6 is 0 Å². The maximum absolute atomic E-state index is 6.21. The molecule has 0 aliphatic heterocycles. The minimum absolute atomic E-state index is 0.577. The van der Waals surface area contributed by atoms with Gasteiger partial charge in [0.2, 0.25) is 5.88 Å². The molecule has 1 aromatic carbocycles. The Kier molecular flexibility index (Phi) is 4.09. The average Bonchev–Trinajstić information content (AvgIpc) is 3.40. The number of fused-ring (bicyclic) bond motifs is 1. The molecule has 0 saturated carbocycles. The van der Waals surface area contributed by atoms with E-state index in [9.17, 15) is 0 Å². The van der Waals surface area contributed by atoms with Crippen LogP contribution in [0.2, 0.25) is 0 Å². The summed E-state index contributed by atoms with van der Waals surface area (Å²) >= 11 is 0. The third-order valence-corrected chi connectivity index (χ3v) is 4.88. The fraction of sp³-hybridized carbons (Fsp3) is 0.0870. The van der Waals surface area contributed by atoms with Crippen LogP contribution in [-0.4, -0.2) is 26.9 Å². The van der Waals surface area contributed by atoms with Crippen molar-refractivity contribution in [3.8, 4) is 39.5 Å². The van der Waals surface area contributed by atoms with Crippen molar-refractivity contribution in [1.82, 2.24) is 19.7 Å². The van der Waals surface area contributed by atoms with Gasteiger partial charge in [0, 0.05) is 60.0 Å². The Balaban J connectivity index is 1.53. The third kappa shape index (κ3) is 3.14. The summed E-state index contributed by atoms with van der Waals surface area (Å²) in [6.07, 6.45) is 7.41. The number of ether oxygens (including phenoxy) is 1. The van der Waals surface area contributed by atoms with E-state index in [4.69, 9.17) is 9.15 Å². The quantitative estimate of drug-likeness (QED) is 0.439. The van der Waals surface area contributed by atoms with E-state index in [0.29, 0.717) is 5.88 Å². The summed E-state index contributed by atoms with van der Waals surface area (Å²) < 4.78 is 13.1. The van der Waals surface area contributed by atoms with E-state index in [1.54, 1.807) is 24.2 Å². The minimum Gasteiger partial charge on any atom is -0.481 e. The van der Waals surface area contributed by atoms with Crippen molar-refractivity contribution in [2.24, 2.45) is 7.05 Å². The topological polar surface area (TPSA) is 66.0 Å². The number of hydrogen-bond acceptors (Lipinski definition) is 5. The smallest absolute Gasteiger partial charge is 0.212 e. The van der Waals surface area contributed by atoms with Crippen LogP contribution in [0.15, 0.2) is 77.7 Å². The zero-order chi connectivity index (χ0) is 19.8. The molecule has 0 spiro atoms.